The molecular weight excluding hydrogens is 182 g/mol. The first-order chi connectivity index (χ1) is 6.59. The molecule has 0 bridgehead atoms. The number of hydrogen-bond donors (Lipinski definition) is 2. The molecule has 0 spiro atoms. The van der Waals surface area contributed by atoms with Crippen molar-refractivity contribution in [1.82, 2.24) is 5.32 Å². The maximum Gasteiger partial charge on any atom is 0.306 e. The second kappa shape index (κ2) is 4.98. The molecule has 0 heterocycles. The van der Waals surface area contributed by atoms with Gasteiger partial charge in [0, 0.05) is 13.0 Å². The van der Waals surface area contributed by atoms with E-state index in [9.17, 15) is 9.59 Å². The van der Waals surface area contributed by atoms with E-state index in [1.165, 1.54) is 12.8 Å². The van der Waals surface area contributed by atoms with Crippen LogP contribution < -0.4 is 5.32 Å². The minimum atomic E-state index is -0.804. The highest BCUT2D eigenvalue weighted by Crippen LogP contribution is 2.31. The molecule has 1 unspecified atom stereocenters. The summed E-state index contributed by atoms with van der Waals surface area (Å²) in [5.74, 6) is -0.533. The summed E-state index contributed by atoms with van der Waals surface area (Å²) in [4.78, 5) is 21.6. The monoisotopic (exact) mass is 199 g/mol. The maximum atomic E-state index is 11.2. The number of carbonyl (C=O) groups excluding carboxylic acids is 1. The standard InChI is InChI=1S/C10H17NO3/c1-7(10(13)14)4-5-11-9(12)6-8-2-3-8/h7-8H,2-6H2,1H3,(H,11,12)(H,13,14). The topological polar surface area (TPSA) is 66.4 Å². The van der Waals surface area contributed by atoms with Crippen LogP contribution in [0.25, 0.3) is 0 Å². The molecule has 0 aromatic rings. The van der Waals surface area contributed by atoms with Gasteiger partial charge in [0.25, 0.3) is 0 Å². The Bertz CT molecular complexity index is 223. The zero-order chi connectivity index (χ0) is 10.6. The van der Waals surface area contributed by atoms with E-state index in [0.717, 1.165) is 0 Å². The van der Waals surface area contributed by atoms with E-state index in [1.807, 2.05) is 0 Å². The lowest BCUT2D eigenvalue weighted by Crippen LogP contribution is -2.27. The van der Waals surface area contributed by atoms with Crippen molar-refractivity contribution in [3.8, 4) is 0 Å². The molecule has 0 aromatic carbocycles. The van der Waals surface area contributed by atoms with Crippen molar-refractivity contribution >= 4 is 11.9 Å². The summed E-state index contributed by atoms with van der Waals surface area (Å²) >= 11 is 0. The van der Waals surface area contributed by atoms with Gasteiger partial charge in [0.2, 0.25) is 5.91 Å². The van der Waals surface area contributed by atoms with Crippen molar-refractivity contribution in [2.24, 2.45) is 11.8 Å². The molecule has 0 saturated heterocycles. The number of nitrogens with one attached hydrogen (secondary N) is 1. The molecular formula is C10H17NO3. The van der Waals surface area contributed by atoms with Crippen LogP contribution in [0.1, 0.15) is 32.6 Å². The van der Waals surface area contributed by atoms with E-state index in [-0.39, 0.29) is 11.8 Å². The van der Waals surface area contributed by atoms with Gasteiger partial charge in [0.15, 0.2) is 0 Å². The minimum absolute atomic E-state index is 0.0603. The molecule has 1 aliphatic rings. The quantitative estimate of drug-likeness (QED) is 0.671. The van der Waals surface area contributed by atoms with Gasteiger partial charge in [-0.15, -0.1) is 0 Å². The summed E-state index contributed by atoms with van der Waals surface area (Å²) in [5.41, 5.74) is 0. The van der Waals surface area contributed by atoms with Crippen LogP contribution in [0.15, 0.2) is 0 Å². The van der Waals surface area contributed by atoms with Gasteiger partial charge in [-0.05, 0) is 25.2 Å². The number of rotatable bonds is 6. The third kappa shape index (κ3) is 4.25. The number of hydrogen-bond acceptors (Lipinski definition) is 2. The number of aliphatic carboxylic acids is 1. The van der Waals surface area contributed by atoms with Crippen molar-refractivity contribution < 1.29 is 14.7 Å². The molecule has 1 saturated carbocycles. The van der Waals surface area contributed by atoms with E-state index in [0.29, 0.717) is 25.3 Å². The first-order valence-corrected chi connectivity index (χ1v) is 5.09. The zero-order valence-electron chi connectivity index (χ0n) is 8.45. The van der Waals surface area contributed by atoms with E-state index in [4.69, 9.17) is 5.11 Å². The minimum Gasteiger partial charge on any atom is -0.481 e. The lowest BCUT2D eigenvalue weighted by Gasteiger charge is -2.07. The molecule has 1 amide bonds. The number of carbonyl (C=O) groups is 2. The molecule has 2 N–H and O–H groups in total. The Morgan fingerprint density at radius 2 is 2.14 bits per heavy atom. The van der Waals surface area contributed by atoms with Crippen LogP contribution in [0.2, 0.25) is 0 Å². The largest absolute Gasteiger partial charge is 0.481 e. The Hall–Kier alpha value is -1.06. The first-order valence-electron chi connectivity index (χ1n) is 5.09. The van der Waals surface area contributed by atoms with Crippen LogP contribution >= 0.6 is 0 Å². The molecule has 1 aliphatic carbocycles. The molecule has 0 aromatic heterocycles. The molecule has 14 heavy (non-hydrogen) atoms. The molecule has 1 atom stereocenters. The Labute approximate surface area is 83.7 Å². The summed E-state index contributed by atoms with van der Waals surface area (Å²) in [6.07, 6.45) is 3.45. The summed E-state index contributed by atoms with van der Waals surface area (Å²) < 4.78 is 0. The SMILES string of the molecule is CC(CCNC(=O)CC1CC1)C(=O)O. The van der Waals surface area contributed by atoms with Crippen LogP contribution in [-0.2, 0) is 9.59 Å². The Morgan fingerprint density at radius 3 is 2.64 bits per heavy atom. The third-order valence-electron chi connectivity index (χ3n) is 2.49. The fraction of sp³-hybridized carbons (Fsp3) is 0.800. The van der Waals surface area contributed by atoms with Crippen LogP contribution in [0, 0.1) is 11.8 Å². The normalized spacial score (nSPS) is 17.5. The van der Waals surface area contributed by atoms with Gasteiger partial charge in [-0.3, -0.25) is 9.59 Å². The van der Waals surface area contributed by atoms with Crippen LogP contribution in [0.3, 0.4) is 0 Å². The van der Waals surface area contributed by atoms with Gasteiger partial charge >= 0.3 is 5.97 Å². The zero-order valence-corrected chi connectivity index (χ0v) is 8.45. The summed E-state index contributed by atoms with van der Waals surface area (Å²) in [7, 11) is 0. The molecule has 1 rings (SSSR count). The van der Waals surface area contributed by atoms with Crippen molar-refractivity contribution in [2.75, 3.05) is 6.54 Å². The van der Waals surface area contributed by atoms with E-state index >= 15 is 0 Å². The van der Waals surface area contributed by atoms with Crippen LogP contribution in [-0.4, -0.2) is 23.5 Å². The molecule has 4 nitrogen and oxygen atoms in total. The van der Waals surface area contributed by atoms with Gasteiger partial charge in [-0.2, -0.15) is 0 Å². The molecule has 80 valence electrons. The lowest BCUT2D eigenvalue weighted by atomic mass is 10.1. The fourth-order valence-electron chi connectivity index (χ4n) is 1.21. The first kappa shape index (κ1) is 11.0. The van der Waals surface area contributed by atoms with Gasteiger partial charge in [-0.25, -0.2) is 0 Å². The van der Waals surface area contributed by atoms with Crippen LogP contribution in [0.5, 0.6) is 0 Å². The van der Waals surface area contributed by atoms with Gasteiger partial charge in [0.1, 0.15) is 0 Å². The van der Waals surface area contributed by atoms with E-state index in [1.54, 1.807) is 6.92 Å². The van der Waals surface area contributed by atoms with Gasteiger partial charge in [0.05, 0.1) is 5.92 Å². The maximum absolute atomic E-state index is 11.2. The molecule has 4 heteroatoms. The second-order valence-electron chi connectivity index (χ2n) is 4.03. The predicted octanol–water partition coefficient (Wildman–Crippen LogP) is 1.01. The van der Waals surface area contributed by atoms with Crippen molar-refractivity contribution in [3.05, 3.63) is 0 Å². The average Bonchev–Trinajstić information content (AvgIpc) is 2.87. The Kier molecular flexibility index (Phi) is 3.92. The van der Waals surface area contributed by atoms with E-state index < -0.39 is 5.97 Å². The Balaban J connectivity index is 2.01. The smallest absolute Gasteiger partial charge is 0.306 e. The molecule has 0 radical (unpaired) electrons. The fourth-order valence-corrected chi connectivity index (χ4v) is 1.21. The highest BCUT2D eigenvalue weighted by atomic mass is 16.4. The molecule has 1 fully saturated rings. The van der Waals surface area contributed by atoms with Gasteiger partial charge < -0.3 is 10.4 Å². The predicted molar refractivity (Wildman–Crippen MR) is 51.8 cm³/mol. The summed E-state index contributed by atoms with van der Waals surface area (Å²) in [5, 5.41) is 11.3. The van der Waals surface area contributed by atoms with Crippen molar-refractivity contribution in [1.29, 1.82) is 0 Å². The Morgan fingerprint density at radius 1 is 1.50 bits per heavy atom. The van der Waals surface area contributed by atoms with Gasteiger partial charge in [-0.1, -0.05) is 6.92 Å². The number of carboxylic acids is 1. The van der Waals surface area contributed by atoms with Crippen molar-refractivity contribution in [2.45, 2.75) is 32.6 Å². The average molecular weight is 199 g/mol. The van der Waals surface area contributed by atoms with E-state index in [2.05, 4.69) is 5.32 Å². The number of carboxylic acid groups (broad SMARTS) is 1. The number of amides is 1. The summed E-state index contributed by atoms with van der Waals surface area (Å²) in [6, 6.07) is 0. The second-order valence-corrected chi connectivity index (χ2v) is 4.03. The summed E-state index contributed by atoms with van der Waals surface area (Å²) in [6.45, 7) is 2.12. The third-order valence-corrected chi connectivity index (χ3v) is 2.49. The highest BCUT2D eigenvalue weighted by Gasteiger charge is 2.24. The molecule has 0 aliphatic heterocycles. The van der Waals surface area contributed by atoms with Crippen LogP contribution in [0.4, 0.5) is 0 Å². The van der Waals surface area contributed by atoms with Crippen molar-refractivity contribution in [3.63, 3.8) is 0 Å². The highest BCUT2D eigenvalue weighted by molar-refractivity contribution is 5.76. The lowest BCUT2D eigenvalue weighted by molar-refractivity contribution is -0.141.